The highest BCUT2D eigenvalue weighted by Crippen LogP contribution is 2.30. The van der Waals surface area contributed by atoms with E-state index in [-0.39, 0.29) is 12.2 Å². The van der Waals surface area contributed by atoms with Crippen LogP contribution in [-0.2, 0) is 9.84 Å². The summed E-state index contributed by atoms with van der Waals surface area (Å²) in [4.78, 5) is 0. The minimum atomic E-state index is -3.07. The minimum absolute atomic E-state index is 0.0531. The SMILES string of the molecule is COc1ccc(C(O)CCS(C)(=O)=O)cc1OC. The zero-order valence-electron chi connectivity index (χ0n) is 10.7. The number of benzene rings is 1. The van der Waals surface area contributed by atoms with Gasteiger partial charge in [0.25, 0.3) is 0 Å². The van der Waals surface area contributed by atoms with E-state index < -0.39 is 15.9 Å². The highest BCUT2D eigenvalue weighted by molar-refractivity contribution is 7.90. The van der Waals surface area contributed by atoms with Gasteiger partial charge in [0.1, 0.15) is 9.84 Å². The lowest BCUT2D eigenvalue weighted by Crippen LogP contribution is -2.08. The zero-order valence-corrected chi connectivity index (χ0v) is 11.5. The summed E-state index contributed by atoms with van der Waals surface area (Å²) in [5.74, 6) is 1.02. The average Bonchev–Trinajstić information content (AvgIpc) is 2.34. The van der Waals surface area contributed by atoms with Gasteiger partial charge in [-0.15, -0.1) is 0 Å². The summed E-state index contributed by atoms with van der Waals surface area (Å²) < 4.78 is 32.3. The number of methoxy groups -OCH3 is 2. The summed E-state index contributed by atoms with van der Waals surface area (Å²) in [5, 5.41) is 9.91. The second-order valence-corrected chi connectivity index (χ2v) is 6.31. The summed E-state index contributed by atoms with van der Waals surface area (Å²) in [5.41, 5.74) is 0.608. The van der Waals surface area contributed by atoms with Crippen molar-refractivity contribution in [3.63, 3.8) is 0 Å². The van der Waals surface area contributed by atoms with E-state index in [1.54, 1.807) is 18.2 Å². The van der Waals surface area contributed by atoms with Crippen LogP contribution in [0.4, 0.5) is 0 Å². The maximum Gasteiger partial charge on any atom is 0.161 e. The van der Waals surface area contributed by atoms with Gasteiger partial charge in [0.2, 0.25) is 0 Å². The van der Waals surface area contributed by atoms with Crippen LogP contribution in [0.2, 0.25) is 0 Å². The number of rotatable bonds is 6. The second kappa shape index (κ2) is 6.06. The molecule has 0 spiro atoms. The normalized spacial score (nSPS) is 13.1. The molecule has 0 bridgehead atoms. The lowest BCUT2D eigenvalue weighted by Gasteiger charge is -2.13. The molecule has 5 nitrogen and oxygen atoms in total. The zero-order chi connectivity index (χ0) is 13.8. The van der Waals surface area contributed by atoms with E-state index in [4.69, 9.17) is 9.47 Å². The lowest BCUT2D eigenvalue weighted by atomic mass is 10.1. The maximum atomic E-state index is 11.0. The fraction of sp³-hybridized carbons (Fsp3) is 0.500. The predicted molar refractivity (Wildman–Crippen MR) is 68.8 cm³/mol. The van der Waals surface area contributed by atoms with Gasteiger partial charge >= 0.3 is 0 Å². The van der Waals surface area contributed by atoms with E-state index in [9.17, 15) is 13.5 Å². The molecular formula is C12H18O5S. The molecule has 1 unspecified atom stereocenters. The Morgan fingerprint density at radius 2 is 1.83 bits per heavy atom. The number of ether oxygens (including phenoxy) is 2. The molecule has 0 saturated carbocycles. The van der Waals surface area contributed by atoms with Crippen LogP contribution in [0.25, 0.3) is 0 Å². The Kier molecular flexibility index (Phi) is 4.98. The molecular weight excluding hydrogens is 256 g/mol. The Morgan fingerprint density at radius 3 is 2.33 bits per heavy atom. The Morgan fingerprint density at radius 1 is 1.22 bits per heavy atom. The minimum Gasteiger partial charge on any atom is -0.493 e. The molecule has 1 N–H and O–H groups in total. The molecule has 0 radical (unpaired) electrons. The van der Waals surface area contributed by atoms with E-state index in [1.165, 1.54) is 14.2 Å². The summed E-state index contributed by atoms with van der Waals surface area (Å²) >= 11 is 0. The van der Waals surface area contributed by atoms with Crippen LogP contribution in [-0.4, -0.2) is 39.8 Å². The van der Waals surface area contributed by atoms with Crippen LogP contribution in [0.5, 0.6) is 11.5 Å². The van der Waals surface area contributed by atoms with Crippen LogP contribution >= 0.6 is 0 Å². The molecule has 1 rings (SSSR count). The highest BCUT2D eigenvalue weighted by atomic mass is 32.2. The summed E-state index contributed by atoms with van der Waals surface area (Å²) in [7, 11) is -0.0418. The molecule has 0 fully saturated rings. The van der Waals surface area contributed by atoms with Crippen molar-refractivity contribution in [3.05, 3.63) is 23.8 Å². The molecule has 6 heteroatoms. The molecule has 1 atom stereocenters. The molecule has 0 saturated heterocycles. The van der Waals surface area contributed by atoms with Crippen LogP contribution in [0.1, 0.15) is 18.1 Å². The number of aliphatic hydroxyl groups excluding tert-OH is 1. The summed E-state index contributed by atoms with van der Waals surface area (Å²) in [6, 6.07) is 5.01. The molecule has 0 aliphatic carbocycles. The van der Waals surface area contributed by atoms with Gasteiger partial charge in [-0.25, -0.2) is 8.42 Å². The van der Waals surface area contributed by atoms with Crippen LogP contribution < -0.4 is 9.47 Å². The number of hydrogen-bond donors (Lipinski definition) is 1. The molecule has 1 aromatic carbocycles. The van der Waals surface area contributed by atoms with Gasteiger partial charge in [-0.3, -0.25) is 0 Å². The Labute approximate surface area is 107 Å². The lowest BCUT2D eigenvalue weighted by molar-refractivity contribution is 0.174. The third kappa shape index (κ3) is 4.19. The Bertz CT molecular complexity index is 495. The van der Waals surface area contributed by atoms with Crippen molar-refractivity contribution in [2.24, 2.45) is 0 Å². The first-order valence-corrected chi connectivity index (χ1v) is 7.51. The van der Waals surface area contributed by atoms with Gasteiger partial charge in [-0.05, 0) is 24.1 Å². The van der Waals surface area contributed by atoms with Gasteiger partial charge in [-0.2, -0.15) is 0 Å². The molecule has 1 aromatic rings. The molecule has 0 amide bonds. The van der Waals surface area contributed by atoms with E-state index in [0.717, 1.165) is 6.26 Å². The quantitative estimate of drug-likeness (QED) is 0.843. The fourth-order valence-corrected chi connectivity index (χ4v) is 2.20. The standard InChI is InChI=1S/C12H18O5S/c1-16-11-5-4-9(8-12(11)17-2)10(13)6-7-18(3,14)15/h4-5,8,10,13H,6-7H2,1-3H3. The number of hydrogen-bond acceptors (Lipinski definition) is 5. The van der Waals surface area contributed by atoms with Crippen molar-refractivity contribution >= 4 is 9.84 Å². The van der Waals surface area contributed by atoms with Crippen molar-refractivity contribution < 1.29 is 23.0 Å². The van der Waals surface area contributed by atoms with E-state index >= 15 is 0 Å². The third-order valence-corrected chi connectivity index (χ3v) is 3.53. The molecule has 0 aliphatic rings. The molecule has 0 aliphatic heterocycles. The van der Waals surface area contributed by atoms with Crippen molar-refractivity contribution in [1.29, 1.82) is 0 Å². The molecule has 102 valence electrons. The highest BCUT2D eigenvalue weighted by Gasteiger charge is 2.14. The average molecular weight is 274 g/mol. The second-order valence-electron chi connectivity index (χ2n) is 4.05. The van der Waals surface area contributed by atoms with Gasteiger partial charge < -0.3 is 14.6 Å². The van der Waals surface area contributed by atoms with Crippen molar-refractivity contribution in [3.8, 4) is 11.5 Å². The third-order valence-electron chi connectivity index (χ3n) is 2.55. The number of aliphatic hydroxyl groups is 1. The maximum absolute atomic E-state index is 11.0. The first-order chi connectivity index (χ1) is 8.37. The molecule has 0 heterocycles. The summed E-state index contributed by atoms with van der Waals surface area (Å²) in [6.45, 7) is 0. The topological polar surface area (TPSA) is 72.8 Å². The Hall–Kier alpha value is -1.27. The monoisotopic (exact) mass is 274 g/mol. The van der Waals surface area contributed by atoms with Gasteiger partial charge in [0.05, 0.1) is 26.1 Å². The molecule has 18 heavy (non-hydrogen) atoms. The van der Waals surface area contributed by atoms with Gasteiger partial charge in [0, 0.05) is 6.26 Å². The first kappa shape index (κ1) is 14.8. The van der Waals surface area contributed by atoms with Crippen LogP contribution in [0, 0.1) is 0 Å². The van der Waals surface area contributed by atoms with Crippen LogP contribution in [0.15, 0.2) is 18.2 Å². The van der Waals surface area contributed by atoms with Crippen molar-refractivity contribution in [1.82, 2.24) is 0 Å². The summed E-state index contributed by atoms with van der Waals surface area (Å²) in [6.07, 6.45) is 0.474. The van der Waals surface area contributed by atoms with Gasteiger partial charge in [0.15, 0.2) is 11.5 Å². The smallest absolute Gasteiger partial charge is 0.161 e. The van der Waals surface area contributed by atoms with Crippen molar-refractivity contribution in [2.45, 2.75) is 12.5 Å². The van der Waals surface area contributed by atoms with E-state index in [2.05, 4.69) is 0 Å². The van der Waals surface area contributed by atoms with E-state index in [1.807, 2.05) is 0 Å². The molecule has 0 aromatic heterocycles. The predicted octanol–water partition coefficient (Wildman–Crippen LogP) is 1.17. The van der Waals surface area contributed by atoms with Crippen LogP contribution in [0.3, 0.4) is 0 Å². The first-order valence-electron chi connectivity index (χ1n) is 5.45. The van der Waals surface area contributed by atoms with Crippen molar-refractivity contribution in [2.75, 3.05) is 26.2 Å². The Balaban J connectivity index is 2.83. The largest absolute Gasteiger partial charge is 0.493 e. The fourth-order valence-electron chi connectivity index (χ4n) is 1.55. The van der Waals surface area contributed by atoms with E-state index in [0.29, 0.717) is 17.1 Å². The number of sulfone groups is 1. The van der Waals surface area contributed by atoms with Gasteiger partial charge in [-0.1, -0.05) is 6.07 Å².